The molecular formula is C14H28N2S2. The van der Waals surface area contributed by atoms with Crippen molar-refractivity contribution in [2.75, 3.05) is 37.4 Å². The van der Waals surface area contributed by atoms with Gasteiger partial charge < -0.3 is 5.73 Å². The van der Waals surface area contributed by atoms with Crippen LogP contribution in [0.1, 0.15) is 33.1 Å². The number of likely N-dealkylation sites (tertiary alicyclic amines) is 1. The average Bonchev–Trinajstić information content (AvgIpc) is 2.39. The second-order valence-corrected chi connectivity index (χ2v) is 8.59. The van der Waals surface area contributed by atoms with Crippen molar-refractivity contribution in [1.29, 1.82) is 0 Å². The van der Waals surface area contributed by atoms with Gasteiger partial charge in [0.05, 0.1) is 0 Å². The van der Waals surface area contributed by atoms with Crippen LogP contribution in [0.25, 0.3) is 0 Å². The summed E-state index contributed by atoms with van der Waals surface area (Å²) in [7, 11) is 0. The summed E-state index contributed by atoms with van der Waals surface area (Å²) in [5.74, 6) is 2.52. The predicted molar refractivity (Wildman–Crippen MR) is 85.6 cm³/mol. The molecule has 106 valence electrons. The van der Waals surface area contributed by atoms with E-state index in [9.17, 15) is 0 Å². The fraction of sp³-hybridized carbons (Fsp3) is 1.00. The SMILES string of the molecule is CSC1CCN(C2(CN)CSCCC2(C)C)CC1. The second kappa shape index (κ2) is 5.94. The van der Waals surface area contributed by atoms with E-state index in [4.69, 9.17) is 5.73 Å². The zero-order valence-corrected chi connectivity index (χ0v) is 13.7. The number of hydrogen-bond acceptors (Lipinski definition) is 4. The molecule has 1 unspecified atom stereocenters. The summed E-state index contributed by atoms with van der Waals surface area (Å²) in [5, 5.41) is 0.871. The summed E-state index contributed by atoms with van der Waals surface area (Å²) in [5.41, 5.74) is 6.85. The van der Waals surface area contributed by atoms with Gasteiger partial charge in [0.25, 0.3) is 0 Å². The fourth-order valence-electron chi connectivity index (χ4n) is 3.50. The maximum absolute atomic E-state index is 6.25. The number of nitrogens with two attached hydrogens (primary N) is 1. The first kappa shape index (κ1) is 15.0. The molecule has 1 atom stereocenters. The van der Waals surface area contributed by atoms with E-state index < -0.39 is 0 Å². The van der Waals surface area contributed by atoms with Crippen LogP contribution in [0.15, 0.2) is 0 Å². The Balaban J connectivity index is 2.12. The Morgan fingerprint density at radius 2 is 2.00 bits per heavy atom. The Morgan fingerprint density at radius 3 is 2.50 bits per heavy atom. The zero-order chi connectivity index (χ0) is 13.2. The van der Waals surface area contributed by atoms with Gasteiger partial charge in [-0.25, -0.2) is 0 Å². The molecule has 2 heterocycles. The molecule has 2 fully saturated rings. The van der Waals surface area contributed by atoms with E-state index >= 15 is 0 Å². The minimum atomic E-state index is 0.235. The smallest absolute Gasteiger partial charge is 0.0472 e. The summed E-state index contributed by atoms with van der Waals surface area (Å²) < 4.78 is 0. The molecule has 0 aromatic heterocycles. The number of hydrogen-bond donors (Lipinski definition) is 1. The molecule has 2 rings (SSSR count). The Morgan fingerprint density at radius 1 is 1.33 bits per heavy atom. The molecule has 4 heteroatoms. The molecule has 2 saturated heterocycles. The van der Waals surface area contributed by atoms with E-state index in [0.29, 0.717) is 5.41 Å². The van der Waals surface area contributed by atoms with Crippen molar-refractivity contribution < 1.29 is 0 Å². The lowest BCUT2D eigenvalue weighted by Crippen LogP contribution is -2.67. The summed E-state index contributed by atoms with van der Waals surface area (Å²) in [6, 6.07) is 0. The van der Waals surface area contributed by atoms with Crippen LogP contribution in [0.4, 0.5) is 0 Å². The summed E-state index contributed by atoms with van der Waals surface area (Å²) in [4.78, 5) is 2.73. The third-order valence-corrected chi connectivity index (χ3v) is 7.50. The molecule has 2 aliphatic heterocycles. The van der Waals surface area contributed by atoms with Gasteiger partial charge in [0.1, 0.15) is 0 Å². The van der Waals surface area contributed by atoms with Gasteiger partial charge in [-0.3, -0.25) is 4.90 Å². The van der Waals surface area contributed by atoms with Gasteiger partial charge in [-0.05, 0) is 49.8 Å². The molecular weight excluding hydrogens is 260 g/mol. The number of rotatable bonds is 3. The first-order valence-electron chi connectivity index (χ1n) is 7.11. The number of thioether (sulfide) groups is 2. The molecule has 0 saturated carbocycles. The normalized spacial score (nSPS) is 34.7. The van der Waals surface area contributed by atoms with Crippen LogP contribution in [0.5, 0.6) is 0 Å². The van der Waals surface area contributed by atoms with Gasteiger partial charge in [-0.2, -0.15) is 23.5 Å². The van der Waals surface area contributed by atoms with Crippen molar-refractivity contribution in [3.8, 4) is 0 Å². The van der Waals surface area contributed by atoms with Gasteiger partial charge in [-0.15, -0.1) is 0 Å². The van der Waals surface area contributed by atoms with E-state index in [1.807, 2.05) is 11.8 Å². The molecule has 0 aromatic carbocycles. The second-order valence-electron chi connectivity index (χ2n) is 6.34. The fourth-order valence-corrected chi connectivity index (χ4v) is 6.01. The summed E-state index contributed by atoms with van der Waals surface area (Å²) >= 11 is 4.14. The van der Waals surface area contributed by atoms with Crippen molar-refractivity contribution in [2.24, 2.45) is 11.1 Å². The third kappa shape index (κ3) is 2.58. The average molecular weight is 289 g/mol. The molecule has 18 heavy (non-hydrogen) atoms. The largest absolute Gasteiger partial charge is 0.329 e. The molecule has 0 spiro atoms. The van der Waals surface area contributed by atoms with E-state index in [0.717, 1.165) is 11.8 Å². The zero-order valence-electron chi connectivity index (χ0n) is 12.1. The lowest BCUT2D eigenvalue weighted by Gasteiger charge is -2.57. The molecule has 2 aliphatic rings. The molecule has 0 aromatic rings. The van der Waals surface area contributed by atoms with Crippen molar-refractivity contribution in [1.82, 2.24) is 4.90 Å². The molecule has 0 aliphatic carbocycles. The minimum Gasteiger partial charge on any atom is -0.329 e. The highest BCUT2D eigenvalue weighted by Gasteiger charge is 2.50. The molecule has 0 amide bonds. The van der Waals surface area contributed by atoms with Crippen LogP contribution in [-0.4, -0.2) is 53.1 Å². The van der Waals surface area contributed by atoms with Crippen molar-refractivity contribution in [3.63, 3.8) is 0 Å². The Bertz CT molecular complexity index is 275. The highest BCUT2D eigenvalue weighted by atomic mass is 32.2. The van der Waals surface area contributed by atoms with Crippen molar-refractivity contribution in [2.45, 2.75) is 43.9 Å². The van der Waals surface area contributed by atoms with Gasteiger partial charge in [0.15, 0.2) is 0 Å². The van der Waals surface area contributed by atoms with Crippen LogP contribution < -0.4 is 5.73 Å². The van der Waals surface area contributed by atoms with E-state index in [1.165, 1.54) is 43.9 Å². The highest BCUT2D eigenvalue weighted by molar-refractivity contribution is 7.99. The maximum atomic E-state index is 6.25. The Labute approximate surface area is 121 Å². The minimum absolute atomic E-state index is 0.235. The monoisotopic (exact) mass is 288 g/mol. The first-order chi connectivity index (χ1) is 8.55. The first-order valence-corrected chi connectivity index (χ1v) is 9.56. The molecule has 0 bridgehead atoms. The third-order valence-electron chi connectivity index (χ3n) is 5.19. The van der Waals surface area contributed by atoms with E-state index in [2.05, 4.69) is 36.8 Å². The number of piperidine rings is 1. The number of nitrogens with zero attached hydrogens (tertiary/aromatic N) is 1. The van der Waals surface area contributed by atoms with Gasteiger partial charge in [0, 0.05) is 23.1 Å². The van der Waals surface area contributed by atoms with Gasteiger partial charge in [-0.1, -0.05) is 13.8 Å². The van der Waals surface area contributed by atoms with Crippen LogP contribution >= 0.6 is 23.5 Å². The highest BCUT2D eigenvalue weighted by Crippen LogP contribution is 2.46. The van der Waals surface area contributed by atoms with Gasteiger partial charge in [0.2, 0.25) is 0 Å². The topological polar surface area (TPSA) is 29.3 Å². The van der Waals surface area contributed by atoms with E-state index in [1.54, 1.807) is 0 Å². The standard InChI is InChI=1S/C14H28N2S2/c1-13(2)6-9-18-11-14(13,10-15)16-7-4-12(17-3)5-8-16/h12H,4-11,15H2,1-3H3. The lowest BCUT2D eigenvalue weighted by molar-refractivity contribution is -0.00935. The van der Waals surface area contributed by atoms with Crippen LogP contribution in [-0.2, 0) is 0 Å². The Kier molecular flexibility index (Phi) is 4.96. The van der Waals surface area contributed by atoms with Gasteiger partial charge >= 0.3 is 0 Å². The Hall–Kier alpha value is 0.620. The summed E-state index contributed by atoms with van der Waals surface area (Å²) in [6.45, 7) is 8.16. The molecule has 2 nitrogen and oxygen atoms in total. The molecule has 2 N–H and O–H groups in total. The van der Waals surface area contributed by atoms with Crippen LogP contribution in [0.3, 0.4) is 0 Å². The quantitative estimate of drug-likeness (QED) is 0.864. The van der Waals surface area contributed by atoms with E-state index in [-0.39, 0.29) is 5.54 Å². The summed E-state index contributed by atoms with van der Waals surface area (Å²) in [6.07, 6.45) is 6.23. The molecule has 0 radical (unpaired) electrons. The van der Waals surface area contributed by atoms with Crippen molar-refractivity contribution >= 4 is 23.5 Å². The maximum Gasteiger partial charge on any atom is 0.0472 e. The van der Waals surface area contributed by atoms with Crippen molar-refractivity contribution in [3.05, 3.63) is 0 Å². The van der Waals surface area contributed by atoms with Crippen LogP contribution in [0.2, 0.25) is 0 Å². The van der Waals surface area contributed by atoms with Crippen LogP contribution in [0, 0.1) is 5.41 Å². The lowest BCUT2D eigenvalue weighted by atomic mass is 9.69. The predicted octanol–water partition coefficient (Wildman–Crippen LogP) is 2.67.